The lowest BCUT2D eigenvalue weighted by Crippen LogP contribution is -2.43. The number of hydrogen-bond donors (Lipinski definition) is 1. The predicted molar refractivity (Wildman–Crippen MR) is 108 cm³/mol. The van der Waals surface area contributed by atoms with Gasteiger partial charge in [0, 0.05) is 19.1 Å². The lowest BCUT2D eigenvalue weighted by Gasteiger charge is -2.34. The van der Waals surface area contributed by atoms with Gasteiger partial charge in [0.1, 0.15) is 5.60 Å². The van der Waals surface area contributed by atoms with E-state index in [1.54, 1.807) is 17.0 Å². The second-order valence-electron chi connectivity index (χ2n) is 8.67. The molecule has 2 fully saturated rings. The lowest BCUT2D eigenvalue weighted by atomic mass is 9.88. The van der Waals surface area contributed by atoms with E-state index in [1.807, 2.05) is 20.8 Å². The molecule has 27 heavy (non-hydrogen) atoms. The molecule has 5 nitrogen and oxygen atoms in total. The number of likely N-dealkylation sites (tertiary alicyclic amines) is 1. The van der Waals surface area contributed by atoms with E-state index in [1.165, 1.54) is 24.2 Å². The van der Waals surface area contributed by atoms with Gasteiger partial charge in [-0.3, -0.25) is 4.79 Å². The third kappa shape index (κ3) is 6.11. The molecular weight excluding hydrogens is 384 g/mol. The van der Waals surface area contributed by atoms with Crippen LogP contribution < -0.4 is 5.32 Å². The molecule has 2 aliphatic rings. The molecule has 1 aromatic heterocycles. The molecule has 2 amide bonds. The van der Waals surface area contributed by atoms with Crippen LogP contribution in [0.4, 0.5) is 4.79 Å². The topological polar surface area (TPSA) is 58.6 Å². The van der Waals surface area contributed by atoms with Gasteiger partial charge in [-0.1, -0.05) is 11.6 Å². The van der Waals surface area contributed by atoms with Gasteiger partial charge in [0.15, 0.2) is 0 Å². The zero-order valence-corrected chi connectivity index (χ0v) is 17.9. The van der Waals surface area contributed by atoms with Crippen LogP contribution in [0.25, 0.3) is 0 Å². The van der Waals surface area contributed by atoms with Crippen molar-refractivity contribution in [3.8, 4) is 0 Å². The van der Waals surface area contributed by atoms with Crippen molar-refractivity contribution in [2.45, 2.75) is 64.5 Å². The summed E-state index contributed by atoms with van der Waals surface area (Å²) in [6.07, 6.45) is 5.06. The Morgan fingerprint density at radius 2 is 1.93 bits per heavy atom. The predicted octanol–water partition coefficient (Wildman–Crippen LogP) is 4.95. The van der Waals surface area contributed by atoms with E-state index < -0.39 is 5.60 Å². The normalized spacial score (nSPS) is 19.6. The minimum Gasteiger partial charge on any atom is -0.444 e. The summed E-state index contributed by atoms with van der Waals surface area (Å²) in [5.41, 5.74) is -0.458. The van der Waals surface area contributed by atoms with Crippen molar-refractivity contribution < 1.29 is 14.3 Å². The summed E-state index contributed by atoms with van der Waals surface area (Å²) >= 11 is 7.27. The van der Waals surface area contributed by atoms with E-state index in [2.05, 4.69) is 5.32 Å². The van der Waals surface area contributed by atoms with Gasteiger partial charge in [-0.2, -0.15) is 0 Å². The summed E-state index contributed by atoms with van der Waals surface area (Å²) in [6.45, 7) is 7.13. The third-order valence-corrected chi connectivity index (χ3v) is 6.39. The van der Waals surface area contributed by atoms with Crippen LogP contribution in [0, 0.1) is 11.8 Å². The summed E-state index contributed by atoms with van der Waals surface area (Å²) in [4.78, 5) is 27.2. The number of nitrogens with one attached hydrogen (secondary N) is 1. The molecule has 2 heterocycles. The molecule has 1 saturated heterocycles. The van der Waals surface area contributed by atoms with E-state index >= 15 is 0 Å². The van der Waals surface area contributed by atoms with E-state index in [9.17, 15) is 9.59 Å². The first kappa shape index (κ1) is 20.5. The molecule has 0 bridgehead atoms. The van der Waals surface area contributed by atoms with Crippen LogP contribution in [-0.4, -0.2) is 41.6 Å². The fourth-order valence-electron chi connectivity index (χ4n) is 3.58. The highest BCUT2D eigenvalue weighted by Gasteiger charge is 2.35. The summed E-state index contributed by atoms with van der Waals surface area (Å²) in [6, 6.07) is 3.77. The van der Waals surface area contributed by atoms with Crippen molar-refractivity contribution >= 4 is 34.9 Å². The molecule has 150 valence electrons. The summed E-state index contributed by atoms with van der Waals surface area (Å²) in [7, 11) is 0. The Morgan fingerprint density at radius 1 is 1.26 bits per heavy atom. The van der Waals surface area contributed by atoms with Crippen molar-refractivity contribution in [2.75, 3.05) is 13.1 Å². The minimum absolute atomic E-state index is 0.0185. The van der Waals surface area contributed by atoms with Gasteiger partial charge in [-0.25, -0.2) is 4.79 Å². The number of carbonyl (C=O) groups is 2. The van der Waals surface area contributed by atoms with Crippen LogP contribution in [0.1, 0.15) is 62.5 Å². The fraction of sp³-hybridized carbons (Fsp3) is 0.700. The molecule has 1 aliphatic heterocycles. The summed E-state index contributed by atoms with van der Waals surface area (Å²) in [5.74, 6) is 1.10. The first-order valence-electron chi connectivity index (χ1n) is 9.75. The Labute approximate surface area is 170 Å². The number of thiophene rings is 1. The first-order valence-corrected chi connectivity index (χ1v) is 10.9. The maximum Gasteiger partial charge on any atom is 0.410 e. The Kier molecular flexibility index (Phi) is 6.36. The molecule has 1 N–H and O–H groups in total. The second kappa shape index (κ2) is 8.39. The molecular formula is C20H29ClN2O3S. The highest BCUT2D eigenvalue weighted by molar-refractivity contribution is 7.18. The smallest absolute Gasteiger partial charge is 0.410 e. The minimum atomic E-state index is -0.458. The Morgan fingerprint density at radius 3 is 2.44 bits per heavy atom. The molecule has 1 aliphatic carbocycles. The molecule has 0 spiro atoms. The Bertz CT molecular complexity index is 673. The molecule has 1 atom stereocenters. The standard InChI is InChI=1S/C20H29ClN2O3S/c1-20(2,3)26-19(25)23-10-8-13(9-11-23)12-15(14-4-5-14)22-18(24)16-6-7-17(21)27-16/h6-7,13-15H,4-5,8-12H2,1-3H3,(H,22,24)/t15-/m0/s1. The molecule has 0 radical (unpaired) electrons. The number of halogens is 1. The number of carbonyl (C=O) groups excluding carboxylic acids is 2. The van der Waals surface area contributed by atoms with Crippen LogP contribution in [-0.2, 0) is 4.74 Å². The van der Waals surface area contributed by atoms with Gasteiger partial charge >= 0.3 is 6.09 Å². The Balaban J connectivity index is 1.49. The number of piperidine rings is 1. The average molecular weight is 413 g/mol. The van der Waals surface area contributed by atoms with Crippen molar-refractivity contribution in [1.82, 2.24) is 10.2 Å². The van der Waals surface area contributed by atoms with Crippen molar-refractivity contribution in [3.63, 3.8) is 0 Å². The SMILES string of the molecule is CC(C)(C)OC(=O)N1CCC(C[C@H](NC(=O)c2ccc(Cl)s2)C2CC2)CC1. The maximum absolute atomic E-state index is 12.5. The van der Waals surface area contributed by atoms with Gasteiger partial charge < -0.3 is 15.0 Å². The van der Waals surface area contributed by atoms with E-state index in [-0.39, 0.29) is 18.0 Å². The van der Waals surface area contributed by atoms with Crippen LogP contribution in [0.15, 0.2) is 12.1 Å². The van der Waals surface area contributed by atoms with Gasteiger partial charge in [0.25, 0.3) is 5.91 Å². The zero-order chi connectivity index (χ0) is 19.6. The van der Waals surface area contributed by atoms with Crippen LogP contribution in [0.3, 0.4) is 0 Å². The molecule has 3 rings (SSSR count). The number of ether oxygens (including phenoxy) is 1. The van der Waals surface area contributed by atoms with Crippen molar-refractivity contribution in [2.24, 2.45) is 11.8 Å². The largest absolute Gasteiger partial charge is 0.444 e. The molecule has 1 aromatic rings. The average Bonchev–Trinajstić information content (AvgIpc) is 3.34. The quantitative estimate of drug-likeness (QED) is 0.744. The zero-order valence-electron chi connectivity index (χ0n) is 16.3. The number of nitrogens with zero attached hydrogens (tertiary/aromatic N) is 1. The van der Waals surface area contributed by atoms with E-state index in [4.69, 9.17) is 16.3 Å². The lowest BCUT2D eigenvalue weighted by molar-refractivity contribution is 0.0177. The number of hydrogen-bond acceptors (Lipinski definition) is 4. The van der Waals surface area contributed by atoms with Crippen LogP contribution in [0.2, 0.25) is 4.34 Å². The molecule has 7 heteroatoms. The molecule has 1 saturated carbocycles. The summed E-state index contributed by atoms with van der Waals surface area (Å²) < 4.78 is 6.10. The van der Waals surface area contributed by atoms with Gasteiger partial charge in [-0.15, -0.1) is 11.3 Å². The molecule has 0 aromatic carbocycles. The van der Waals surface area contributed by atoms with Gasteiger partial charge in [-0.05, 0) is 76.8 Å². The highest BCUT2D eigenvalue weighted by atomic mass is 35.5. The second-order valence-corrected chi connectivity index (χ2v) is 10.4. The van der Waals surface area contributed by atoms with E-state index in [0.717, 1.165) is 32.4 Å². The summed E-state index contributed by atoms with van der Waals surface area (Å²) in [5, 5.41) is 3.23. The van der Waals surface area contributed by atoms with Crippen molar-refractivity contribution in [3.05, 3.63) is 21.3 Å². The monoisotopic (exact) mass is 412 g/mol. The van der Waals surface area contributed by atoms with Gasteiger partial charge in [0.2, 0.25) is 0 Å². The first-order chi connectivity index (χ1) is 12.7. The number of amides is 2. The Hall–Kier alpha value is -1.27. The van der Waals surface area contributed by atoms with Crippen LogP contribution in [0.5, 0.6) is 0 Å². The van der Waals surface area contributed by atoms with E-state index in [0.29, 0.717) is 21.0 Å². The molecule has 0 unspecified atom stereocenters. The maximum atomic E-state index is 12.5. The van der Waals surface area contributed by atoms with Crippen molar-refractivity contribution in [1.29, 1.82) is 0 Å². The number of rotatable bonds is 5. The third-order valence-electron chi connectivity index (χ3n) is 5.16. The van der Waals surface area contributed by atoms with Crippen LogP contribution >= 0.6 is 22.9 Å². The van der Waals surface area contributed by atoms with Gasteiger partial charge in [0.05, 0.1) is 9.21 Å². The highest BCUT2D eigenvalue weighted by Crippen LogP contribution is 2.37. The fourth-order valence-corrected chi connectivity index (χ4v) is 4.53.